The molecule has 1 rings (SSSR count). The summed E-state index contributed by atoms with van der Waals surface area (Å²) in [6.45, 7) is 3.57. The third kappa shape index (κ3) is 2.91. The van der Waals surface area contributed by atoms with Crippen LogP contribution in [0.5, 0.6) is 0 Å². The van der Waals surface area contributed by atoms with Gasteiger partial charge in [-0.15, -0.1) is 0 Å². The van der Waals surface area contributed by atoms with Gasteiger partial charge in [0.1, 0.15) is 0 Å². The van der Waals surface area contributed by atoms with Gasteiger partial charge in [-0.25, -0.2) is 5.43 Å². The molecule has 1 aliphatic rings. The van der Waals surface area contributed by atoms with Gasteiger partial charge in [-0.1, -0.05) is 0 Å². The lowest BCUT2D eigenvalue weighted by Crippen LogP contribution is -2.60. The predicted octanol–water partition coefficient (Wildman–Crippen LogP) is -0.0510. The predicted molar refractivity (Wildman–Crippen MR) is 53.3 cm³/mol. The number of nitrogens with zero attached hydrogens (tertiary/aromatic N) is 1. The zero-order valence-corrected chi connectivity index (χ0v) is 8.84. The average molecular weight is 187 g/mol. The molecule has 1 aliphatic heterocycles. The molecule has 0 aliphatic carbocycles. The molecule has 2 unspecified atom stereocenters. The zero-order valence-electron chi connectivity index (χ0n) is 8.84. The van der Waals surface area contributed by atoms with Crippen molar-refractivity contribution in [3.63, 3.8) is 0 Å². The summed E-state index contributed by atoms with van der Waals surface area (Å²) in [7, 11) is 4.00. The summed E-state index contributed by atoms with van der Waals surface area (Å²) in [5.41, 5.74) is 9.25. The summed E-state index contributed by atoms with van der Waals surface area (Å²) in [5.74, 6) is 0. The van der Waals surface area contributed by atoms with Crippen LogP contribution in [0.2, 0.25) is 0 Å². The highest BCUT2D eigenvalue weighted by Crippen LogP contribution is 2.23. The third-order valence-electron chi connectivity index (χ3n) is 2.51. The number of nitrogens with two attached hydrogens (primary N) is 1. The molecule has 1 saturated heterocycles. The quantitative estimate of drug-likeness (QED) is 0.608. The van der Waals surface area contributed by atoms with Gasteiger partial charge in [0.05, 0.1) is 6.10 Å². The van der Waals surface area contributed by atoms with Gasteiger partial charge in [-0.2, -0.15) is 0 Å². The molecule has 0 amide bonds. The first kappa shape index (κ1) is 10.9. The maximum absolute atomic E-state index is 5.80. The minimum Gasteiger partial charge on any atom is -0.378 e. The molecule has 4 nitrogen and oxygen atoms in total. The maximum Gasteiger partial charge on any atom is 0.0565 e. The van der Waals surface area contributed by atoms with Crippen LogP contribution < -0.4 is 11.2 Å². The fourth-order valence-corrected chi connectivity index (χ4v) is 1.97. The lowest BCUT2D eigenvalue weighted by molar-refractivity contribution is -0.0345. The van der Waals surface area contributed by atoms with Crippen molar-refractivity contribution in [2.45, 2.75) is 31.4 Å². The number of hydrogen-bond donors (Lipinski definition) is 2. The Morgan fingerprint density at radius 2 is 2.31 bits per heavy atom. The van der Waals surface area contributed by atoms with E-state index in [9.17, 15) is 0 Å². The Kier molecular flexibility index (Phi) is 3.67. The SMILES string of the molecule is CC1CC(CN)(NN(C)C)CCO1. The normalized spacial score (nSPS) is 35.3. The summed E-state index contributed by atoms with van der Waals surface area (Å²) < 4.78 is 5.50. The Balaban J connectivity index is 2.56. The first-order chi connectivity index (χ1) is 6.08. The highest BCUT2D eigenvalue weighted by Gasteiger charge is 2.34. The maximum atomic E-state index is 5.80. The van der Waals surface area contributed by atoms with Crippen molar-refractivity contribution in [1.29, 1.82) is 0 Å². The molecule has 0 radical (unpaired) electrons. The first-order valence-electron chi connectivity index (χ1n) is 4.85. The van der Waals surface area contributed by atoms with Gasteiger partial charge in [0.25, 0.3) is 0 Å². The molecule has 2 atom stereocenters. The molecule has 1 heterocycles. The van der Waals surface area contributed by atoms with E-state index in [0.29, 0.717) is 12.6 Å². The second-order valence-electron chi connectivity index (χ2n) is 4.13. The number of rotatable bonds is 3. The summed E-state index contributed by atoms with van der Waals surface area (Å²) in [4.78, 5) is 0. The van der Waals surface area contributed by atoms with Crippen LogP contribution in [0.3, 0.4) is 0 Å². The molecule has 1 fully saturated rings. The van der Waals surface area contributed by atoms with Gasteiger partial charge < -0.3 is 10.5 Å². The smallest absolute Gasteiger partial charge is 0.0565 e. The van der Waals surface area contributed by atoms with Crippen molar-refractivity contribution < 1.29 is 4.74 Å². The molecule has 4 heteroatoms. The molecule has 78 valence electrons. The highest BCUT2D eigenvalue weighted by molar-refractivity contribution is 4.92. The Morgan fingerprint density at radius 3 is 2.77 bits per heavy atom. The van der Waals surface area contributed by atoms with E-state index in [2.05, 4.69) is 12.3 Å². The van der Waals surface area contributed by atoms with E-state index in [4.69, 9.17) is 10.5 Å². The van der Waals surface area contributed by atoms with Crippen molar-refractivity contribution in [3.8, 4) is 0 Å². The molecular formula is C9H21N3O. The van der Waals surface area contributed by atoms with Crippen LogP contribution in [0.4, 0.5) is 0 Å². The van der Waals surface area contributed by atoms with E-state index in [-0.39, 0.29) is 5.54 Å². The molecular weight excluding hydrogens is 166 g/mol. The molecule has 0 aromatic carbocycles. The number of ether oxygens (including phenoxy) is 1. The van der Waals surface area contributed by atoms with E-state index >= 15 is 0 Å². The van der Waals surface area contributed by atoms with Crippen LogP contribution in [0.1, 0.15) is 19.8 Å². The van der Waals surface area contributed by atoms with Crippen LogP contribution in [-0.2, 0) is 4.74 Å². The van der Waals surface area contributed by atoms with Gasteiger partial charge in [0.2, 0.25) is 0 Å². The van der Waals surface area contributed by atoms with E-state index in [1.165, 1.54) is 0 Å². The topological polar surface area (TPSA) is 50.5 Å². The van der Waals surface area contributed by atoms with Crippen molar-refractivity contribution in [3.05, 3.63) is 0 Å². The van der Waals surface area contributed by atoms with Crippen LogP contribution >= 0.6 is 0 Å². The standard InChI is InChI=1S/C9H21N3O/c1-8-6-9(7-10,4-5-13-8)11-12(2)3/h8,11H,4-7,10H2,1-3H3. The summed E-state index contributed by atoms with van der Waals surface area (Å²) in [5, 5.41) is 1.98. The second-order valence-corrected chi connectivity index (χ2v) is 4.13. The molecule has 0 saturated carbocycles. The van der Waals surface area contributed by atoms with Crippen molar-refractivity contribution in [2.24, 2.45) is 5.73 Å². The zero-order chi connectivity index (χ0) is 9.90. The minimum absolute atomic E-state index is 0.0428. The van der Waals surface area contributed by atoms with Crippen molar-refractivity contribution >= 4 is 0 Å². The Morgan fingerprint density at radius 1 is 1.62 bits per heavy atom. The summed E-state index contributed by atoms with van der Waals surface area (Å²) in [6, 6.07) is 0. The van der Waals surface area contributed by atoms with Crippen molar-refractivity contribution in [2.75, 3.05) is 27.2 Å². The Hall–Kier alpha value is -0.160. The van der Waals surface area contributed by atoms with Crippen LogP contribution in [0.25, 0.3) is 0 Å². The van der Waals surface area contributed by atoms with Crippen molar-refractivity contribution in [1.82, 2.24) is 10.4 Å². The monoisotopic (exact) mass is 187 g/mol. The number of hydrogen-bond acceptors (Lipinski definition) is 4. The molecule has 3 N–H and O–H groups in total. The lowest BCUT2D eigenvalue weighted by Gasteiger charge is -2.41. The van der Waals surface area contributed by atoms with E-state index in [1.807, 2.05) is 19.1 Å². The van der Waals surface area contributed by atoms with Gasteiger partial charge in [0, 0.05) is 32.8 Å². The average Bonchev–Trinajstić information content (AvgIpc) is 2.03. The Bertz CT molecular complexity index is 159. The highest BCUT2D eigenvalue weighted by atomic mass is 16.5. The third-order valence-corrected chi connectivity index (χ3v) is 2.51. The molecule has 0 aromatic rings. The van der Waals surface area contributed by atoms with Crippen LogP contribution in [-0.4, -0.2) is 43.9 Å². The van der Waals surface area contributed by atoms with Gasteiger partial charge >= 0.3 is 0 Å². The summed E-state index contributed by atoms with van der Waals surface area (Å²) in [6.07, 6.45) is 2.29. The first-order valence-corrected chi connectivity index (χ1v) is 4.85. The molecule has 13 heavy (non-hydrogen) atoms. The van der Waals surface area contributed by atoms with E-state index in [1.54, 1.807) is 0 Å². The fraction of sp³-hybridized carbons (Fsp3) is 1.00. The summed E-state index contributed by atoms with van der Waals surface area (Å²) >= 11 is 0. The number of nitrogens with one attached hydrogen (secondary N) is 1. The van der Waals surface area contributed by atoms with E-state index in [0.717, 1.165) is 19.4 Å². The fourth-order valence-electron chi connectivity index (χ4n) is 1.97. The molecule has 0 spiro atoms. The molecule has 0 aromatic heterocycles. The van der Waals surface area contributed by atoms with Gasteiger partial charge in [-0.05, 0) is 19.8 Å². The second kappa shape index (κ2) is 4.37. The number of hydrazine groups is 1. The van der Waals surface area contributed by atoms with Crippen LogP contribution in [0, 0.1) is 0 Å². The molecule has 0 bridgehead atoms. The van der Waals surface area contributed by atoms with Gasteiger partial charge in [-0.3, -0.25) is 5.01 Å². The minimum atomic E-state index is 0.0428. The van der Waals surface area contributed by atoms with Gasteiger partial charge in [0.15, 0.2) is 0 Å². The Labute approximate surface area is 80.4 Å². The lowest BCUT2D eigenvalue weighted by atomic mass is 9.88. The van der Waals surface area contributed by atoms with Crippen LogP contribution in [0.15, 0.2) is 0 Å². The van der Waals surface area contributed by atoms with E-state index < -0.39 is 0 Å². The largest absolute Gasteiger partial charge is 0.378 e.